The van der Waals surface area contributed by atoms with E-state index in [2.05, 4.69) is 9.97 Å². The molecule has 2 aromatic rings. The van der Waals surface area contributed by atoms with E-state index in [0.29, 0.717) is 24.2 Å². The SMILES string of the molecule is CS(=O)(=O)N1CCC(Cn2ccc3c(Cl)nc(Cl)nc32)CC1. The van der Waals surface area contributed by atoms with Crippen molar-refractivity contribution in [1.29, 1.82) is 0 Å². The van der Waals surface area contributed by atoms with Gasteiger partial charge in [0.25, 0.3) is 0 Å². The second-order valence-corrected chi connectivity index (χ2v) is 8.27. The maximum Gasteiger partial charge on any atom is 0.225 e. The van der Waals surface area contributed by atoms with E-state index in [1.165, 1.54) is 10.6 Å². The van der Waals surface area contributed by atoms with Crippen molar-refractivity contribution in [2.75, 3.05) is 19.3 Å². The van der Waals surface area contributed by atoms with Crippen LogP contribution < -0.4 is 0 Å². The molecule has 6 nitrogen and oxygen atoms in total. The van der Waals surface area contributed by atoms with Crippen LogP contribution in [0.2, 0.25) is 10.4 Å². The summed E-state index contributed by atoms with van der Waals surface area (Å²) in [4.78, 5) is 8.17. The fraction of sp³-hybridized carbons (Fsp3) is 0.538. The summed E-state index contributed by atoms with van der Waals surface area (Å²) in [5.74, 6) is 0.404. The monoisotopic (exact) mass is 362 g/mol. The van der Waals surface area contributed by atoms with Gasteiger partial charge in [0.1, 0.15) is 10.8 Å². The Morgan fingerprint density at radius 1 is 1.27 bits per heavy atom. The number of hydrogen-bond donors (Lipinski definition) is 0. The van der Waals surface area contributed by atoms with Crippen molar-refractivity contribution in [3.05, 3.63) is 22.7 Å². The first-order valence-electron chi connectivity index (χ1n) is 6.97. The number of piperidine rings is 1. The van der Waals surface area contributed by atoms with Gasteiger partial charge in [-0.15, -0.1) is 0 Å². The molecule has 0 saturated carbocycles. The first-order valence-corrected chi connectivity index (χ1v) is 9.58. The predicted molar refractivity (Wildman–Crippen MR) is 86.7 cm³/mol. The van der Waals surface area contributed by atoms with Crippen LogP contribution in [-0.4, -0.2) is 46.6 Å². The van der Waals surface area contributed by atoms with E-state index in [1.807, 2.05) is 16.8 Å². The van der Waals surface area contributed by atoms with Crippen molar-refractivity contribution in [2.24, 2.45) is 5.92 Å². The summed E-state index contributed by atoms with van der Waals surface area (Å²) < 4.78 is 26.6. The van der Waals surface area contributed by atoms with E-state index in [4.69, 9.17) is 23.2 Å². The first-order chi connectivity index (χ1) is 10.3. The molecule has 120 valence electrons. The minimum atomic E-state index is -3.09. The third kappa shape index (κ3) is 3.22. The van der Waals surface area contributed by atoms with Crippen LogP contribution in [0.1, 0.15) is 12.8 Å². The minimum Gasteiger partial charge on any atom is -0.332 e. The molecule has 1 aliphatic heterocycles. The van der Waals surface area contributed by atoms with E-state index >= 15 is 0 Å². The maximum atomic E-state index is 11.5. The van der Waals surface area contributed by atoms with E-state index < -0.39 is 10.0 Å². The minimum absolute atomic E-state index is 0.129. The van der Waals surface area contributed by atoms with Crippen LogP contribution in [0.4, 0.5) is 0 Å². The van der Waals surface area contributed by atoms with Crippen LogP contribution in [0, 0.1) is 5.92 Å². The van der Waals surface area contributed by atoms with Gasteiger partial charge in [-0.05, 0) is 36.4 Å². The highest BCUT2D eigenvalue weighted by Gasteiger charge is 2.25. The summed E-state index contributed by atoms with van der Waals surface area (Å²) in [7, 11) is -3.09. The maximum absolute atomic E-state index is 11.5. The van der Waals surface area contributed by atoms with Gasteiger partial charge in [-0.25, -0.2) is 17.7 Å². The number of fused-ring (bicyclic) bond motifs is 1. The van der Waals surface area contributed by atoms with Gasteiger partial charge in [-0.3, -0.25) is 0 Å². The molecule has 0 N–H and O–H groups in total. The normalized spacial score (nSPS) is 18.1. The Morgan fingerprint density at radius 3 is 2.59 bits per heavy atom. The van der Waals surface area contributed by atoms with Crippen LogP contribution in [0.25, 0.3) is 11.0 Å². The van der Waals surface area contributed by atoms with Crippen molar-refractivity contribution in [3.8, 4) is 0 Å². The van der Waals surface area contributed by atoms with Gasteiger partial charge in [0.05, 0.1) is 11.6 Å². The molecule has 1 saturated heterocycles. The lowest BCUT2D eigenvalue weighted by Crippen LogP contribution is -2.38. The number of rotatable bonds is 3. The summed E-state index contributed by atoms with van der Waals surface area (Å²) in [6, 6.07) is 1.87. The molecule has 0 unspecified atom stereocenters. The summed E-state index contributed by atoms with van der Waals surface area (Å²) in [5.41, 5.74) is 0.718. The van der Waals surface area contributed by atoms with E-state index in [9.17, 15) is 8.42 Å². The van der Waals surface area contributed by atoms with Crippen LogP contribution in [0.15, 0.2) is 12.3 Å². The van der Waals surface area contributed by atoms with Gasteiger partial charge in [0.2, 0.25) is 15.3 Å². The quantitative estimate of drug-likeness (QED) is 0.620. The topological polar surface area (TPSA) is 68.1 Å². The lowest BCUT2D eigenvalue weighted by atomic mass is 9.98. The Hall–Kier alpha value is -0.890. The molecule has 22 heavy (non-hydrogen) atoms. The molecule has 3 heterocycles. The molecule has 0 radical (unpaired) electrons. The fourth-order valence-electron chi connectivity index (χ4n) is 2.85. The average Bonchev–Trinajstić information content (AvgIpc) is 2.82. The number of halogens is 2. The lowest BCUT2D eigenvalue weighted by molar-refractivity contribution is 0.255. The fourth-order valence-corrected chi connectivity index (χ4v) is 4.16. The standard InChI is InChI=1S/C13H16Cl2N4O2S/c1-22(20,21)19-6-2-9(3-7-19)8-18-5-4-10-11(14)16-13(15)17-12(10)18/h4-5,9H,2-3,6-8H2,1H3. The number of nitrogens with zero attached hydrogens (tertiary/aromatic N) is 4. The van der Waals surface area contributed by atoms with Crippen LogP contribution in [0.5, 0.6) is 0 Å². The molecule has 1 aliphatic rings. The summed E-state index contributed by atoms with van der Waals surface area (Å²) in [5, 5.41) is 1.25. The molecule has 0 atom stereocenters. The summed E-state index contributed by atoms with van der Waals surface area (Å²) >= 11 is 11.9. The van der Waals surface area contributed by atoms with E-state index in [-0.39, 0.29) is 5.28 Å². The summed E-state index contributed by atoms with van der Waals surface area (Å²) in [6.07, 6.45) is 4.84. The predicted octanol–water partition coefficient (Wildman–Crippen LogP) is 2.41. The van der Waals surface area contributed by atoms with Gasteiger partial charge in [0.15, 0.2) is 0 Å². The first kappa shape index (κ1) is 16.0. The largest absolute Gasteiger partial charge is 0.332 e. The zero-order valence-electron chi connectivity index (χ0n) is 12.0. The van der Waals surface area contributed by atoms with Crippen molar-refractivity contribution in [3.63, 3.8) is 0 Å². The highest BCUT2D eigenvalue weighted by atomic mass is 35.5. The average molecular weight is 363 g/mol. The molecule has 0 amide bonds. The molecule has 0 bridgehead atoms. The molecular weight excluding hydrogens is 347 g/mol. The zero-order chi connectivity index (χ0) is 15.9. The Balaban J connectivity index is 1.75. The number of hydrogen-bond acceptors (Lipinski definition) is 4. The second kappa shape index (κ2) is 5.96. The highest BCUT2D eigenvalue weighted by molar-refractivity contribution is 7.88. The summed E-state index contributed by atoms with van der Waals surface area (Å²) in [6.45, 7) is 1.91. The van der Waals surface area contributed by atoms with Gasteiger partial charge < -0.3 is 4.57 Å². The van der Waals surface area contributed by atoms with Crippen LogP contribution in [-0.2, 0) is 16.6 Å². The van der Waals surface area contributed by atoms with Gasteiger partial charge >= 0.3 is 0 Å². The Morgan fingerprint density at radius 2 is 1.95 bits per heavy atom. The van der Waals surface area contributed by atoms with E-state index in [0.717, 1.165) is 30.4 Å². The third-order valence-electron chi connectivity index (χ3n) is 4.04. The molecular formula is C13H16Cl2N4O2S. The Bertz CT molecular complexity index is 798. The van der Waals surface area contributed by atoms with Gasteiger partial charge in [-0.1, -0.05) is 11.6 Å². The van der Waals surface area contributed by atoms with Crippen LogP contribution in [0.3, 0.4) is 0 Å². The molecule has 0 aliphatic carbocycles. The van der Waals surface area contributed by atoms with Crippen LogP contribution >= 0.6 is 23.2 Å². The van der Waals surface area contributed by atoms with Gasteiger partial charge in [-0.2, -0.15) is 4.98 Å². The van der Waals surface area contributed by atoms with Crippen molar-refractivity contribution >= 4 is 44.3 Å². The Labute approximate surface area is 139 Å². The zero-order valence-corrected chi connectivity index (χ0v) is 14.4. The molecule has 0 spiro atoms. The Kier molecular flexibility index (Phi) is 4.33. The molecule has 1 fully saturated rings. The second-order valence-electron chi connectivity index (χ2n) is 5.59. The molecule has 2 aromatic heterocycles. The third-order valence-corrected chi connectivity index (χ3v) is 5.80. The van der Waals surface area contributed by atoms with Gasteiger partial charge in [0, 0.05) is 25.8 Å². The smallest absolute Gasteiger partial charge is 0.225 e. The molecule has 3 rings (SSSR count). The van der Waals surface area contributed by atoms with Crippen molar-refractivity contribution in [1.82, 2.24) is 18.8 Å². The molecule has 9 heteroatoms. The molecule has 0 aromatic carbocycles. The number of sulfonamides is 1. The van der Waals surface area contributed by atoms with Crippen molar-refractivity contribution in [2.45, 2.75) is 19.4 Å². The highest BCUT2D eigenvalue weighted by Crippen LogP contribution is 2.26. The van der Waals surface area contributed by atoms with Crippen molar-refractivity contribution < 1.29 is 8.42 Å². The lowest BCUT2D eigenvalue weighted by Gasteiger charge is -2.30. The number of aromatic nitrogens is 3. The van der Waals surface area contributed by atoms with E-state index in [1.54, 1.807) is 0 Å².